The number of carbonyl (C=O) groups is 1. The smallest absolute Gasteiger partial charge is 0.389 e. The number of esters is 1. The molecule has 0 aliphatic heterocycles. The monoisotopic (exact) mass is 534 g/mol. The van der Waals surface area contributed by atoms with E-state index in [1.165, 1.54) is 37.1 Å². The third-order valence-corrected chi connectivity index (χ3v) is 7.46. The summed E-state index contributed by atoms with van der Waals surface area (Å²) in [5.41, 5.74) is 1.39. The Morgan fingerprint density at radius 2 is 1.92 bits per heavy atom. The number of hydrogen-bond acceptors (Lipinski definition) is 5. The van der Waals surface area contributed by atoms with Crippen LogP contribution in [0.15, 0.2) is 64.4 Å². The van der Waals surface area contributed by atoms with E-state index in [4.69, 9.17) is 13.9 Å². The SMILES string of the molecule is C=CC(=O)OCC(C)(CSc1ccc2cc(-c3ccc(CCCCC)cc3OC)oc2c1)CC(F)(F)F. The van der Waals surface area contributed by atoms with Gasteiger partial charge in [-0.25, -0.2) is 4.79 Å². The predicted molar refractivity (Wildman–Crippen MR) is 142 cm³/mol. The molecular weight excluding hydrogens is 501 g/mol. The fourth-order valence-electron chi connectivity index (χ4n) is 4.10. The molecule has 4 nitrogen and oxygen atoms in total. The summed E-state index contributed by atoms with van der Waals surface area (Å²) in [4.78, 5) is 12.2. The van der Waals surface area contributed by atoms with Crippen LogP contribution in [0.3, 0.4) is 0 Å². The van der Waals surface area contributed by atoms with Crippen molar-refractivity contribution in [3.8, 4) is 17.1 Å². The highest BCUT2D eigenvalue weighted by atomic mass is 32.2. The lowest BCUT2D eigenvalue weighted by Crippen LogP contribution is -2.33. The van der Waals surface area contributed by atoms with Crippen LogP contribution in [0.2, 0.25) is 0 Å². The summed E-state index contributed by atoms with van der Waals surface area (Å²) in [6.07, 6.45) is -0.0477. The second-order valence-electron chi connectivity index (χ2n) is 9.51. The van der Waals surface area contributed by atoms with Crippen LogP contribution in [-0.2, 0) is 16.0 Å². The summed E-state index contributed by atoms with van der Waals surface area (Å²) in [6.45, 7) is 6.58. The normalized spacial score (nSPS) is 13.4. The summed E-state index contributed by atoms with van der Waals surface area (Å²) < 4.78 is 56.4. The number of rotatable bonds is 13. The minimum Gasteiger partial charge on any atom is -0.496 e. The van der Waals surface area contributed by atoms with Crippen LogP contribution in [0.5, 0.6) is 5.75 Å². The van der Waals surface area contributed by atoms with E-state index < -0.39 is 24.0 Å². The first-order valence-corrected chi connectivity index (χ1v) is 13.2. The van der Waals surface area contributed by atoms with E-state index in [1.54, 1.807) is 7.11 Å². The van der Waals surface area contributed by atoms with Gasteiger partial charge in [0.25, 0.3) is 0 Å². The number of aryl methyl sites for hydroxylation is 1. The van der Waals surface area contributed by atoms with Crippen molar-refractivity contribution < 1.29 is 31.9 Å². The van der Waals surface area contributed by atoms with Gasteiger partial charge in [-0.3, -0.25) is 0 Å². The summed E-state index contributed by atoms with van der Waals surface area (Å²) in [7, 11) is 1.64. The molecule has 1 atom stereocenters. The largest absolute Gasteiger partial charge is 0.496 e. The van der Waals surface area contributed by atoms with Gasteiger partial charge >= 0.3 is 12.1 Å². The van der Waals surface area contributed by atoms with Crippen molar-refractivity contribution in [2.24, 2.45) is 5.41 Å². The van der Waals surface area contributed by atoms with E-state index in [2.05, 4.69) is 19.6 Å². The molecule has 0 fully saturated rings. The van der Waals surface area contributed by atoms with Gasteiger partial charge in [-0.15, -0.1) is 11.8 Å². The Labute approximate surface area is 220 Å². The molecule has 37 heavy (non-hydrogen) atoms. The fourth-order valence-corrected chi connectivity index (χ4v) is 5.15. The lowest BCUT2D eigenvalue weighted by atomic mass is 9.90. The summed E-state index contributed by atoms with van der Waals surface area (Å²) in [6, 6.07) is 13.6. The van der Waals surface area contributed by atoms with Crippen molar-refractivity contribution in [3.05, 3.63) is 60.7 Å². The minimum absolute atomic E-state index is 0.101. The number of carbonyl (C=O) groups excluding carboxylic acids is 1. The maximum atomic E-state index is 13.2. The Balaban J connectivity index is 1.78. The maximum absolute atomic E-state index is 13.2. The van der Waals surface area contributed by atoms with Gasteiger partial charge < -0.3 is 13.9 Å². The molecule has 8 heteroatoms. The van der Waals surface area contributed by atoms with Gasteiger partial charge in [-0.2, -0.15) is 13.2 Å². The van der Waals surface area contributed by atoms with Gasteiger partial charge in [0.15, 0.2) is 0 Å². The average Bonchev–Trinajstić information content (AvgIpc) is 3.28. The van der Waals surface area contributed by atoms with E-state index >= 15 is 0 Å². The van der Waals surface area contributed by atoms with E-state index in [0.717, 1.165) is 40.5 Å². The van der Waals surface area contributed by atoms with Crippen LogP contribution < -0.4 is 4.74 Å². The highest BCUT2D eigenvalue weighted by molar-refractivity contribution is 7.99. The zero-order valence-corrected chi connectivity index (χ0v) is 22.3. The zero-order valence-electron chi connectivity index (χ0n) is 21.5. The summed E-state index contributed by atoms with van der Waals surface area (Å²) in [5.74, 6) is 0.753. The molecule has 2 aromatic carbocycles. The molecular formula is C29H33F3O4S. The lowest BCUT2D eigenvalue weighted by Gasteiger charge is -2.29. The summed E-state index contributed by atoms with van der Waals surface area (Å²) in [5, 5.41) is 0.881. The van der Waals surface area contributed by atoms with Crippen molar-refractivity contribution in [1.29, 1.82) is 0 Å². The van der Waals surface area contributed by atoms with Gasteiger partial charge in [0.1, 0.15) is 17.1 Å². The molecule has 0 aliphatic rings. The molecule has 0 radical (unpaired) electrons. The fraction of sp³-hybridized carbons (Fsp3) is 0.414. The third kappa shape index (κ3) is 8.32. The minimum atomic E-state index is -4.39. The molecule has 0 saturated carbocycles. The second kappa shape index (κ2) is 12.6. The van der Waals surface area contributed by atoms with E-state index in [-0.39, 0.29) is 12.4 Å². The van der Waals surface area contributed by atoms with Crippen molar-refractivity contribution in [2.45, 2.75) is 57.0 Å². The number of ether oxygens (including phenoxy) is 2. The van der Waals surface area contributed by atoms with Crippen molar-refractivity contribution >= 4 is 28.7 Å². The Bertz CT molecular complexity index is 1220. The van der Waals surface area contributed by atoms with E-state index in [9.17, 15) is 18.0 Å². The Morgan fingerprint density at radius 1 is 1.14 bits per heavy atom. The first-order chi connectivity index (χ1) is 17.6. The van der Waals surface area contributed by atoms with Crippen LogP contribution >= 0.6 is 11.8 Å². The van der Waals surface area contributed by atoms with E-state index in [0.29, 0.717) is 11.3 Å². The van der Waals surface area contributed by atoms with Gasteiger partial charge in [0, 0.05) is 27.5 Å². The molecule has 3 aromatic rings. The van der Waals surface area contributed by atoms with Crippen LogP contribution in [-0.4, -0.2) is 31.6 Å². The molecule has 3 rings (SSSR count). The van der Waals surface area contributed by atoms with Crippen molar-refractivity contribution in [2.75, 3.05) is 19.5 Å². The number of unbranched alkanes of at least 4 members (excludes halogenated alkanes) is 2. The number of methoxy groups -OCH3 is 1. The van der Waals surface area contributed by atoms with Crippen LogP contribution in [0.25, 0.3) is 22.3 Å². The molecule has 1 heterocycles. The predicted octanol–water partition coefficient (Wildman–Crippen LogP) is 8.62. The molecule has 0 aliphatic carbocycles. The van der Waals surface area contributed by atoms with Gasteiger partial charge in [-0.05, 0) is 54.8 Å². The maximum Gasteiger partial charge on any atom is 0.389 e. The van der Waals surface area contributed by atoms with Gasteiger partial charge in [0.05, 0.1) is 25.7 Å². The molecule has 0 amide bonds. The molecule has 0 saturated heterocycles. The van der Waals surface area contributed by atoms with Crippen molar-refractivity contribution in [1.82, 2.24) is 0 Å². The molecule has 1 aromatic heterocycles. The summed E-state index contributed by atoms with van der Waals surface area (Å²) >= 11 is 1.26. The van der Waals surface area contributed by atoms with Gasteiger partial charge in [0.2, 0.25) is 0 Å². The Morgan fingerprint density at radius 3 is 2.59 bits per heavy atom. The average molecular weight is 535 g/mol. The van der Waals surface area contributed by atoms with Gasteiger partial charge in [-0.1, -0.05) is 39.3 Å². The lowest BCUT2D eigenvalue weighted by molar-refractivity contribution is -0.165. The standard InChI is InChI=1S/C29H33F3O4S/c1-5-7-8-9-20-10-13-23(25(14-20)34-4)26-15-21-11-12-22(16-24(21)36-26)37-19-28(3,17-29(30,31)32)18-35-27(33)6-2/h6,10-16H,2,5,7-9,17-19H2,1,3-4H3. The number of benzene rings is 2. The first-order valence-electron chi connectivity index (χ1n) is 12.3. The number of hydrogen-bond donors (Lipinski definition) is 0. The molecule has 200 valence electrons. The highest BCUT2D eigenvalue weighted by Crippen LogP contribution is 2.40. The van der Waals surface area contributed by atoms with Crippen LogP contribution in [0.1, 0.15) is 45.1 Å². The van der Waals surface area contributed by atoms with Crippen LogP contribution in [0, 0.1) is 5.41 Å². The molecule has 0 spiro atoms. The zero-order chi connectivity index (χ0) is 27.1. The second-order valence-corrected chi connectivity index (χ2v) is 10.6. The Hall–Kier alpha value is -2.87. The topological polar surface area (TPSA) is 48.7 Å². The third-order valence-electron chi connectivity index (χ3n) is 6.04. The molecule has 1 unspecified atom stereocenters. The highest BCUT2D eigenvalue weighted by Gasteiger charge is 2.40. The first kappa shape index (κ1) is 28.7. The number of thioether (sulfide) groups is 1. The number of halogens is 3. The Kier molecular flexibility index (Phi) is 9.76. The molecule has 0 bridgehead atoms. The van der Waals surface area contributed by atoms with Crippen LogP contribution in [0.4, 0.5) is 13.2 Å². The van der Waals surface area contributed by atoms with Crippen molar-refractivity contribution in [3.63, 3.8) is 0 Å². The number of furan rings is 1. The number of fused-ring (bicyclic) bond motifs is 1. The number of alkyl halides is 3. The molecule has 0 N–H and O–H groups in total. The quantitative estimate of drug-likeness (QED) is 0.0951. The van der Waals surface area contributed by atoms with E-state index in [1.807, 2.05) is 36.4 Å².